The van der Waals surface area contributed by atoms with Crippen LogP contribution in [-0.4, -0.2) is 28.9 Å². The smallest absolute Gasteiger partial charge is 0.338 e. The van der Waals surface area contributed by atoms with Gasteiger partial charge in [-0.15, -0.1) is 0 Å². The molecule has 0 spiro atoms. The number of ether oxygens (including phenoxy) is 3. The van der Waals surface area contributed by atoms with Crippen molar-refractivity contribution in [2.75, 3.05) is 13.4 Å². The summed E-state index contributed by atoms with van der Waals surface area (Å²) in [6.45, 7) is 1.89. The van der Waals surface area contributed by atoms with E-state index < -0.39 is 22.5 Å². The van der Waals surface area contributed by atoms with Crippen molar-refractivity contribution in [1.29, 1.82) is 0 Å². The summed E-state index contributed by atoms with van der Waals surface area (Å²) < 4.78 is 24.3. The summed E-state index contributed by atoms with van der Waals surface area (Å²) in [5, 5.41) is 11.9. The number of nitrogens with zero attached hydrogens (tertiary/aromatic N) is 3. The summed E-state index contributed by atoms with van der Waals surface area (Å²) in [6.07, 6.45) is 1.54. The lowest BCUT2D eigenvalue weighted by Gasteiger charge is -2.26. The number of carbonyl (C=O) groups is 1. The largest absolute Gasteiger partial charge is 0.463 e. The fourth-order valence-electron chi connectivity index (χ4n) is 5.41. The van der Waals surface area contributed by atoms with Crippen molar-refractivity contribution in [1.82, 2.24) is 4.57 Å². The molecule has 4 heterocycles. The Bertz CT molecular complexity index is 2250. The third kappa shape index (κ3) is 5.17. The van der Waals surface area contributed by atoms with Gasteiger partial charge in [-0.05, 0) is 48.9 Å². The van der Waals surface area contributed by atoms with Gasteiger partial charge in [-0.25, -0.2) is 9.79 Å². The number of benzene rings is 3. The summed E-state index contributed by atoms with van der Waals surface area (Å²) in [5.41, 5.74) is 1.45. The highest BCUT2D eigenvalue weighted by Crippen LogP contribution is 2.40. The summed E-state index contributed by atoms with van der Waals surface area (Å²) in [5.74, 6) is 0.951. The van der Waals surface area contributed by atoms with E-state index in [-0.39, 0.29) is 51.3 Å². The molecule has 0 fully saturated rings. The maximum atomic E-state index is 14.2. The lowest BCUT2D eigenvalue weighted by Crippen LogP contribution is -2.40. The van der Waals surface area contributed by atoms with Crippen molar-refractivity contribution in [3.8, 4) is 22.8 Å². The number of nitro groups is 1. The maximum Gasteiger partial charge on any atom is 0.338 e. The van der Waals surface area contributed by atoms with E-state index in [0.717, 1.165) is 11.3 Å². The van der Waals surface area contributed by atoms with Crippen LogP contribution in [-0.2, 0) is 9.53 Å². The van der Waals surface area contributed by atoms with Gasteiger partial charge in [0.15, 0.2) is 16.3 Å². The molecule has 0 radical (unpaired) electrons. The van der Waals surface area contributed by atoms with Crippen molar-refractivity contribution < 1.29 is 28.3 Å². The SMILES string of the molecule is CCOC(=O)C1=C(c2ccccc2)N=c2sc(=Cc3ccc(-c4ccc(Cl)cc4[N+](=O)[O-])o3)c(=O)n2C1c1ccc2c(c1)OCO2. The zero-order chi connectivity index (χ0) is 31.9. The third-order valence-electron chi connectivity index (χ3n) is 7.41. The zero-order valence-corrected chi connectivity index (χ0v) is 25.5. The highest BCUT2D eigenvalue weighted by molar-refractivity contribution is 7.07. The molecule has 46 heavy (non-hydrogen) atoms. The molecular formula is C33H22ClN3O8S. The Morgan fingerprint density at radius 2 is 1.91 bits per heavy atom. The normalized spacial score (nSPS) is 15.4. The van der Waals surface area contributed by atoms with Crippen molar-refractivity contribution in [2.45, 2.75) is 13.0 Å². The Balaban J connectivity index is 1.42. The van der Waals surface area contributed by atoms with Gasteiger partial charge in [-0.1, -0.05) is 59.3 Å². The molecule has 0 bridgehead atoms. The van der Waals surface area contributed by atoms with Gasteiger partial charge in [-0.3, -0.25) is 19.5 Å². The molecule has 0 aliphatic carbocycles. The molecule has 0 saturated carbocycles. The van der Waals surface area contributed by atoms with Gasteiger partial charge in [0, 0.05) is 22.7 Å². The minimum Gasteiger partial charge on any atom is -0.463 e. The average Bonchev–Trinajstić information content (AvgIpc) is 3.80. The predicted molar refractivity (Wildman–Crippen MR) is 169 cm³/mol. The molecule has 0 amide bonds. The van der Waals surface area contributed by atoms with Gasteiger partial charge in [0.05, 0.1) is 38.9 Å². The quantitative estimate of drug-likeness (QED) is 0.128. The Kier molecular flexibility index (Phi) is 7.51. The molecule has 1 unspecified atom stereocenters. The first-order chi connectivity index (χ1) is 22.3. The van der Waals surface area contributed by atoms with Gasteiger partial charge >= 0.3 is 5.97 Å². The maximum absolute atomic E-state index is 14.2. The number of hydrogen-bond donors (Lipinski definition) is 0. The van der Waals surface area contributed by atoms with Crippen LogP contribution in [0.25, 0.3) is 23.1 Å². The van der Waals surface area contributed by atoms with Gasteiger partial charge in [0.1, 0.15) is 11.5 Å². The predicted octanol–water partition coefficient (Wildman–Crippen LogP) is 5.49. The summed E-state index contributed by atoms with van der Waals surface area (Å²) in [4.78, 5) is 44.1. The van der Waals surface area contributed by atoms with Crippen LogP contribution in [0, 0.1) is 10.1 Å². The number of fused-ring (bicyclic) bond motifs is 2. The Hall–Kier alpha value is -5.46. The highest BCUT2D eigenvalue weighted by Gasteiger charge is 2.36. The van der Waals surface area contributed by atoms with E-state index in [4.69, 9.17) is 35.2 Å². The second-order valence-electron chi connectivity index (χ2n) is 10.2. The standard InChI is InChI=1S/C33H22ClN3O8S/c1-2-42-32(39)28-29(18-6-4-3-5-7-18)35-33-36(30(28)19-8-12-25-26(14-19)44-17-43-25)31(38)27(46-33)16-21-10-13-24(45-21)22-11-9-20(34)15-23(22)37(40)41/h3-16,30H,2,17H2,1H3. The fraction of sp³-hybridized carbons (Fsp3) is 0.121. The van der Waals surface area contributed by atoms with Crippen LogP contribution in [0.15, 0.2) is 98.6 Å². The number of halogens is 1. The summed E-state index contributed by atoms with van der Waals surface area (Å²) in [6, 6.07) is 21.0. The van der Waals surface area contributed by atoms with E-state index >= 15 is 0 Å². The molecule has 0 N–H and O–H groups in total. The second kappa shape index (κ2) is 11.8. The van der Waals surface area contributed by atoms with Crippen LogP contribution in [0.2, 0.25) is 5.02 Å². The van der Waals surface area contributed by atoms with E-state index in [1.165, 1.54) is 22.8 Å². The van der Waals surface area contributed by atoms with Crippen molar-refractivity contribution >= 4 is 46.4 Å². The van der Waals surface area contributed by atoms with Crippen molar-refractivity contribution in [3.63, 3.8) is 0 Å². The number of esters is 1. The van der Waals surface area contributed by atoms with Gasteiger partial charge in [0.2, 0.25) is 6.79 Å². The number of furan rings is 1. The van der Waals surface area contributed by atoms with Crippen LogP contribution in [0.1, 0.15) is 29.9 Å². The molecule has 230 valence electrons. The Morgan fingerprint density at radius 3 is 2.70 bits per heavy atom. The van der Waals surface area contributed by atoms with Gasteiger partial charge in [-0.2, -0.15) is 0 Å². The van der Waals surface area contributed by atoms with Crippen LogP contribution in [0.4, 0.5) is 5.69 Å². The average molecular weight is 656 g/mol. The van der Waals surface area contributed by atoms with E-state index in [9.17, 15) is 19.7 Å². The van der Waals surface area contributed by atoms with Crippen molar-refractivity contribution in [3.05, 3.63) is 136 Å². The molecule has 7 rings (SSSR count). The first-order valence-corrected chi connectivity index (χ1v) is 15.2. The van der Waals surface area contributed by atoms with Gasteiger partial charge < -0.3 is 18.6 Å². The molecular weight excluding hydrogens is 634 g/mol. The monoisotopic (exact) mass is 655 g/mol. The number of thiazole rings is 1. The van der Waals surface area contributed by atoms with E-state index in [2.05, 4.69) is 0 Å². The van der Waals surface area contributed by atoms with Crippen molar-refractivity contribution in [2.24, 2.45) is 4.99 Å². The molecule has 11 nitrogen and oxygen atoms in total. The topological polar surface area (TPSA) is 135 Å². The van der Waals surface area contributed by atoms with Crippen LogP contribution < -0.4 is 24.4 Å². The van der Waals surface area contributed by atoms with E-state index in [0.29, 0.717) is 33.1 Å². The minimum atomic E-state index is -0.911. The van der Waals surface area contributed by atoms with E-state index in [1.807, 2.05) is 30.3 Å². The highest BCUT2D eigenvalue weighted by atomic mass is 35.5. The number of carbonyl (C=O) groups excluding carboxylic acids is 1. The summed E-state index contributed by atoms with van der Waals surface area (Å²) >= 11 is 7.10. The zero-order valence-electron chi connectivity index (χ0n) is 24.0. The first-order valence-electron chi connectivity index (χ1n) is 14.0. The lowest BCUT2D eigenvalue weighted by atomic mass is 9.93. The van der Waals surface area contributed by atoms with Crippen LogP contribution in [0.5, 0.6) is 11.5 Å². The lowest BCUT2D eigenvalue weighted by molar-refractivity contribution is -0.384. The van der Waals surface area contributed by atoms with E-state index in [1.54, 1.807) is 43.3 Å². The Labute approximate surface area is 269 Å². The summed E-state index contributed by atoms with van der Waals surface area (Å²) in [7, 11) is 0. The molecule has 5 aromatic rings. The minimum absolute atomic E-state index is 0.0572. The molecule has 0 saturated heterocycles. The van der Waals surface area contributed by atoms with Crippen LogP contribution in [0.3, 0.4) is 0 Å². The molecule has 2 aliphatic heterocycles. The number of rotatable bonds is 7. The number of aromatic nitrogens is 1. The molecule has 2 aliphatic rings. The second-order valence-corrected chi connectivity index (χ2v) is 11.6. The first kappa shape index (κ1) is 29.3. The number of hydrogen-bond acceptors (Lipinski definition) is 10. The van der Waals surface area contributed by atoms with Gasteiger partial charge in [0.25, 0.3) is 11.2 Å². The number of nitro benzene ring substituents is 1. The molecule has 3 aromatic carbocycles. The molecule has 2 aromatic heterocycles. The third-order valence-corrected chi connectivity index (χ3v) is 8.63. The molecule has 13 heteroatoms. The Morgan fingerprint density at radius 1 is 1.11 bits per heavy atom. The fourth-order valence-corrected chi connectivity index (χ4v) is 6.55. The van der Waals surface area contributed by atoms with Crippen LogP contribution >= 0.6 is 22.9 Å². The molecule has 1 atom stereocenters.